The van der Waals surface area contributed by atoms with Gasteiger partial charge in [0.25, 0.3) is 0 Å². The van der Waals surface area contributed by atoms with Crippen LogP contribution in [0.2, 0.25) is 0 Å². The van der Waals surface area contributed by atoms with Crippen LogP contribution in [0.5, 0.6) is 0 Å². The number of hydrogen-bond acceptors (Lipinski definition) is 2. The molecule has 1 aromatic rings. The number of nitrogens with two attached hydrogens (primary N) is 1. The number of hydrogen-bond donors (Lipinski definition) is 1. The minimum atomic E-state index is -0.455. The Labute approximate surface area is 116 Å². The molecule has 0 unspecified atom stereocenters. The molecule has 20 heavy (non-hydrogen) atoms. The normalized spacial score (nSPS) is 28.8. The van der Waals surface area contributed by atoms with Crippen molar-refractivity contribution >= 4 is 5.91 Å². The van der Waals surface area contributed by atoms with Crippen LogP contribution in [-0.2, 0) is 4.79 Å². The van der Waals surface area contributed by atoms with E-state index in [0.717, 1.165) is 25.1 Å². The fraction of sp³-hybridized carbons (Fsp3) is 0.533. The van der Waals surface area contributed by atoms with Gasteiger partial charge < -0.3 is 10.6 Å². The van der Waals surface area contributed by atoms with Crippen molar-refractivity contribution in [1.82, 2.24) is 4.90 Å². The first-order valence-electron chi connectivity index (χ1n) is 7.04. The summed E-state index contributed by atoms with van der Waals surface area (Å²) in [5.41, 5.74) is 5.94. The topological polar surface area (TPSA) is 46.3 Å². The van der Waals surface area contributed by atoms with Crippen molar-refractivity contribution in [3.05, 3.63) is 35.4 Å². The summed E-state index contributed by atoms with van der Waals surface area (Å²) in [6, 6.07) is 3.44. The van der Waals surface area contributed by atoms with Gasteiger partial charge in [0.15, 0.2) is 0 Å². The van der Waals surface area contributed by atoms with E-state index in [1.807, 2.05) is 4.90 Å². The lowest BCUT2D eigenvalue weighted by Gasteiger charge is -2.16. The van der Waals surface area contributed by atoms with Gasteiger partial charge >= 0.3 is 0 Å². The van der Waals surface area contributed by atoms with Gasteiger partial charge in [-0.25, -0.2) is 8.78 Å². The number of carbonyl (C=O) groups excluding carboxylic acids is 1. The SMILES string of the molecule is NC[C@@H]1CCN(C(=O)[C@@H]2C[C@H]2c2cc(F)ccc2F)C1. The summed E-state index contributed by atoms with van der Waals surface area (Å²) in [5, 5.41) is 0. The molecule has 0 bridgehead atoms. The van der Waals surface area contributed by atoms with E-state index in [0.29, 0.717) is 31.0 Å². The van der Waals surface area contributed by atoms with E-state index in [4.69, 9.17) is 5.73 Å². The zero-order chi connectivity index (χ0) is 14.3. The molecular weight excluding hydrogens is 262 g/mol. The molecule has 1 heterocycles. The van der Waals surface area contributed by atoms with Crippen molar-refractivity contribution in [3.8, 4) is 0 Å². The Morgan fingerprint density at radius 3 is 2.90 bits per heavy atom. The van der Waals surface area contributed by atoms with Gasteiger partial charge in [-0.2, -0.15) is 0 Å². The summed E-state index contributed by atoms with van der Waals surface area (Å²) in [5.74, 6) is -0.800. The predicted molar refractivity (Wildman–Crippen MR) is 70.9 cm³/mol. The number of rotatable bonds is 3. The van der Waals surface area contributed by atoms with Crippen LogP contribution in [0, 0.1) is 23.5 Å². The average molecular weight is 280 g/mol. The van der Waals surface area contributed by atoms with Gasteiger partial charge in [-0.05, 0) is 55.0 Å². The summed E-state index contributed by atoms with van der Waals surface area (Å²) in [4.78, 5) is 14.1. The van der Waals surface area contributed by atoms with E-state index in [1.165, 1.54) is 6.07 Å². The summed E-state index contributed by atoms with van der Waals surface area (Å²) < 4.78 is 26.9. The molecule has 1 aliphatic heterocycles. The number of carbonyl (C=O) groups is 1. The maximum Gasteiger partial charge on any atom is 0.226 e. The highest BCUT2D eigenvalue weighted by atomic mass is 19.1. The lowest BCUT2D eigenvalue weighted by molar-refractivity contribution is -0.131. The second-order valence-corrected chi connectivity index (χ2v) is 5.79. The number of nitrogens with zero attached hydrogens (tertiary/aromatic N) is 1. The monoisotopic (exact) mass is 280 g/mol. The smallest absolute Gasteiger partial charge is 0.226 e. The molecule has 3 nitrogen and oxygen atoms in total. The third-order valence-electron chi connectivity index (χ3n) is 4.40. The molecule has 2 fully saturated rings. The highest BCUT2D eigenvalue weighted by Gasteiger charge is 2.47. The molecule has 5 heteroatoms. The van der Waals surface area contributed by atoms with Crippen LogP contribution in [0.25, 0.3) is 0 Å². The van der Waals surface area contributed by atoms with Crippen molar-refractivity contribution < 1.29 is 13.6 Å². The van der Waals surface area contributed by atoms with Gasteiger partial charge in [0.05, 0.1) is 0 Å². The van der Waals surface area contributed by atoms with Crippen LogP contribution in [0.1, 0.15) is 24.3 Å². The van der Waals surface area contributed by atoms with Gasteiger partial charge in [0.1, 0.15) is 11.6 Å². The maximum atomic E-state index is 13.7. The van der Waals surface area contributed by atoms with Crippen molar-refractivity contribution in [1.29, 1.82) is 0 Å². The first-order valence-corrected chi connectivity index (χ1v) is 7.04. The fourth-order valence-corrected chi connectivity index (χ4v) is 3.07. The molecule has 0 radical (unpaired) electrons. The van der Waals surface area contributed by atoms with E-state index < -0.39 is 11.6 Å². The summed E-state index contributed by atoms with van der Waals surface area (Å²) in [7, 11) is 0. The highest BCUT2D eigenvalue weighted by Crippen LogP contribution is 2.49. The quantitative estimate of drug-likeness (QED) is 0.919. The molecule has 1 saturated heterocycles. The van der Waals surface area contributed by atoms with Crippen LogP contribution in [0.4, 0.5) is 8.78 Å². The number of benzene rings is 1. The maximum absolute atomic E-state index is 13.7. The molecule has 1 amide bonds. The number of likely N-dealkylation sites (tertiary alicyclic amines) is 1. The third-order valence-corrected chi connectivity index (χ3v) is 4.40. The van der Waals surface area contributed by atoms with Crippen LogP contribution in [0.3, 0.4) is 0 Å². The molecule has 2 N–H and O–H groups in total. The van der Waals surface area contributed by atoms with Gasteiger partial charge in [-0.3, -0.25) is 4.79 Å². The predicted octanol–water partition coefficient (Wildman–Crippen LogP) is 1.88. The third kappa shape index (κ3) is 2.42. The fourth-order valence-electron chi connectivity index (χ4n) is 3.07. The van der Waals surface area contributed by atoms with Crippen molar-refractivity contribution in [2.24, 2.45) is 17.6 Å². The minimum absolute atomic E-state index is 0.0645. The molecule has 0 spiro atoms. The highest BCUT2D eigenvalue weighted by molar-refractivity contribution is 5.83. The van der Waals surface area contributed by atoms with E-state index in [1.54, 1.807) is 0 Å². The van der Waals surface area contributed by atoms with Crippen LogP contribution in [-0.4, -0.2) is 30.4 Å². The zero-order valence-corrected chi connectivity index (χ0v) is 11.2. The molecule has 1 aliphatic carbocycles. The van der Waals surface area contributed by atoms with Gasteiger partial charge in [-0.15, -0.1) is 0 Å². The van der Waals surface area contributed by atoms with Gasteiger partial charge in [0, 0.05) is 19.0 Å². The number of amides is 1. The molecule has 0 aromatic heterocycles. The molecule has 2 aliphatic rings. The van der Waals surface area contributed by atoms with Crippen molar-refractivity contribution in [3.63, 3.8) is 0 Å². The molecule has 3 rings (SSSR count). The minimum Gasteiger partial charge on any atom is -0.342 e. The Hall–Kier alpha value is -1.49. The Morgan fingerprint density at radius 1 is 1.40 bits per heavy atom. The Bertz CT molecular complexity index is 535. The van der Waals surface area contributed by atoms with Crippen LogP contribution >= 0.6 is 0 Å². The standard InChI is InChI=1S/C15H18F2N2O/c16-10-1-2-14(17)12(5-10)11-6-13(11)15(20)19-4-3-9(7-18)8-19/h1-2,5,9,11,13H,3-4,6-8,18H2/t9-,11-,13+/m0/s1. The molecule has 1 aromatic carbocycles. The summed E-state index contributed by atoms with van der Waals surface area (Å²) >= 11 is 0. The first-order chi connectivity index (χ1) is 9.60. The van der Waals surface area contributed by atoms with E-state index in [2.05, 4.69) is 0 Å². The van der Waals surface area contributed by atoms with E-state index in [-0.39, 0.29) is 17.7 Å². The van der Waals surface area contributed by atoms with E-state index in [9.17, 15) is 13.6 Å². The Kier molecular flexibility index (Phi) is 3.46. The molecule has 3 atom stereocenters. The first kappa shape index (κ1) is 13.5. The molecule has 108 valence electrons. The van der Waals surface area contributed by atoms with Crippen LogP contribution in [0.15, 0.2) is 18.2 Å². The summed E-state index contributed by atoms with van der Waals surface area (Å²) in [6.07, 6.45) is 1.55. The van der Waals surface area contributed by atoms with Crippen molar-refractivity contribution in [2.45, 2.75) is 18.8 Å². The molecule has 1 saturated carbocycles. The van der Waals surface area contributed by atoms with E-state index >= 15 is 0 Å². The average Bonchev–Trinajstić information content (AvgIpc) is 3.09. The lowest BCUT2D eigenvalue weighted by Crippen LogP contribution is -2.31. The largest absolute Gasteiger partial charge is 0.342 e. The van der Waals surface area contributed by atoms with Crippen molar-refractivity contribution in [2.75, 3.05) is 19.6 Å². The second kappa shape index (κ2) is 5.13. The summed E-state index contributed by atoms with van der Waals surface area (Å²) in [6.45, 7) is 2.02. The van der Waals surface area contributed by atoms with Gasteiger partial charge in [-0.1, -0.05) is 0 Å². The second-order valence-electron chi connectivity index (χ2n) is 5.79. The Morgan fingerprint density at radius 2 is 2.20 bits per heavy atom. The Balaban J connectivity index is 1.67. The van der Waals surface area contributed by atoms with Crippen LogP contribution < -0.4 is 5.73 Å². The number of halogens is 2. The van der Waals surface area contributed by atoms with Gasteiger partial charge in [0.2, 0.25) is 5.91 Å². The molecular formula is C15H18F2N2O. The lowest BCUT2D eigenvalue weighted by atomic mass is 10.1. The zero-order valence-electron chi connectivity index (χ0n) is 11.2.